The number of rotatable bonds is 7. The Hall–Kier alpha value is -0.683. The first kappa shape index (κ1) is 13.4. The molecule has 1 atom stereocenters. The standard InChI is InChI=1S/C12H20O3Si/c1-4-11-15-16(13-3,14-5-2)12-9-7-6-8-10-12/h6-10H,4-5,11H2,1-3H3. The van der Waals surface area contributed by atoms with Gasteiger partial charge in [0.1, 0.15) is 0 Å². The Kier molecular flexibility index (Phi) is 5.69. The van der Waals surface area contributed by atoms with E-state index in [4.69, 9.17) is 13.3 Å². The van der Waals surface area contributed by atoms with E-state index in [2.05, 4.69) is 6.92 Å². The Morgan fingerprint density at radius 1 is 1.06 bits per heavy atom. The molecule has 0 fully saturated rings. The second-order valence-corrected chi connectivity index (χ2v) is 6.08. The maximum absolute atomic E-state index is 5.85. The molecule has 0 N–H and O–H groups in total. The predicted octanol–water partition coefficient (Wildman–Crippen LogP) is 1.94. The first-order chi connectivity index (χ1) is 7.79. The van der Waals surface area contributed by atoms with E-state index in [1.54, 1.807) is 7.11 Å². The number of hydrogen-bond acceptors (Lipinski definition) is 3. The van der Waals surface area contributed by atoms with Crippen LogP contribution in [0.15, 0.2) is 30.3 Å². The van der Waals surface area contributed by atoms with Crippen molar-refractivity contribution in [3.05, 3.63) is 30.3 Å². The van der Waals surface area contributed by atoms with Crippen molar-refractivity contribution in [1.29, 1.82) is 0 Å². The van der Waals surface area contributed by atoms with E-state index in [0.29, 0.717) is 13.2 Å². The van der Waals surface area contributed by atoms with Gasteiger partial charge in [0, 0.05) is 25.5 Å². The lowest BCUT2D eigenvalue weighted by Crippen LogP contribution is -2.56. The Labute approximate surface area is 98.7 Å². The minimum atomic E-state index is -2.67. The lowest BCUT2D eigenvalue weighted by molar-refractivity contribution is 0.0967. The van der Waals surface area contributed by atoms with Crippen LogP contribution < -0.4 is 5.19 Å². The van der Waals surface area contributed by atoms with Crippen LogP contribution in [0.5, 0.6) is 0 Å². The minimum Gasteiger partial charge on any atom is -0.373 e. The molecule has 0 bridgehead atoms. The molecule has 3 nitrogen and oxygen atoms in total. The first-order valence-corrected chi connectivity index (χ1v) is 7.40. The number of benzene rings is 1. The molecule has 0 heterocycles. The van der Waals surface area contributed by atoms with Crippen molar-refractivity contribution in [3.8, 4) is 0 Å². The molecule has 0 radical (unpaired) electrons. The lowest BCUT2D eigenvalue weighted by atomic mass is 10.4. The van der Waals surface area contributed by atoms with Gasteiger partial charge in [-0.1, -0.05) is 37.3 Å². The molecule has 1 aromatic rings. The summed E-state index contributed by atoms with van der Waals surface area (Å²) in [4.78, 5) is 0. The van der Waals surface area contributed by atoms with Gasteiger partial charge in [-0.2, -0.15) is 0 Å². The molecular weight excluding hydrogens is 220 g/mol. The van der Waals surface area contributed by atoms with Gasteiger partial charge in [-0.15, -0.1) is 0 Å². The van der Waals surface area contributed by atoms with E-state index in [0.717, 1.165) is 11.6 Å². The molecule has 1 aromatic carbocycles. The summed E-state index contributed by atoms with van der Waals surface area (Å²) in [7, 11) is -1.01. The summed E-state index contributed by atoms with van der Waals surface area (Å²) in [5.74, 6) is 0. The summed E-state index contributed by atoms with van der Waals surface area (Å²) >= 11 is 0. The van der Waals surface area contributed by atoms with Gasteiger partial charge in [-0.05, 0) is 13.3 Å². The third kappa shape index (κ3) is 3.15. The molecule has 16 heavy (non-hydrogen) atoms. The van der Waals surface area contributed by atoms with Crippen LogP contribution in [0.25, 0.3) is 0 Å². The van der Waals surface area contributed by atoms with Gasteiger partial charge in [0.25, 0.3) is 0 Å². The van der Waals surface area contributed by atoms with Gasteiger partial charge in [0.2, 0.25) is 0 Å². The van der Waals surface area contributed by atoms with E-state index in [9.17, 15) is 0 Å². The van der Waals surface area contributed by atoms with Crippen LogP contribution >= 0.6 is 0 Å². The first-order valence-electron chi connectivity index (χ1n) is 5.67. The van der Waals surface area contributed by atoms with E-state index in [1.807, 2.05) is 37.3 Å². The van der Waals surface area contributed by atoms with Crippen LogP contribution in [0, 0.1) is 0 Å². The predicted molar refractivity (Wildman–Crippen MR) is 66.7 cm³/mol. The fourth-order valence-electron chi connectivity index (χ4n) is 1.51. The molecular formula is C12H20O3Si. The smallest absolute Gasteiger partial charge is 0.373 e. The van der Waals surface area contributed by atoms with Crippen LogP contribution in [0.3, 0.4) is 0 Å². The van der Waals surface area contributed by atoms with Crippen LogP contribution in [0.4, 0.5) is 0 Å². The van der Waals surface area contributed by atoms with Crippen LogP contribution in [0.1, 0.15) is 20.3 Å². The maximum Gasteiger partial charge on any atom is 0.536 e. The minimum absolute atomic E-state index is 0.596. The molecule has 0 amide bonds. The molecule has 0 saturated heterocycles. The number of hydrogen-bond donors (Lipinski definition) is 0. The average Bonchev–Trinajstić information content (AvgIpc) is 2.36. The highest BCUT2D eigenvalue weighted by atomic mass is 28.4. The zero-order chi connectivity index (χ0) is 11.9. The molecule has 0 aromatic heterocycles. The van der Waals surface area contributed by atoms with E-state index in [1.165, 1.54) is 0 Å². The van der Waals surface area contributed by atoms with E-state index < -0.39 is 8.80 Å². The molecule has 0 aliphatic carbocycles. The third-order valence-electron chi connectivity index (χ3n) is 2.23. The summed E-state index contributed by atoms with van der Waals surface area (Å²) in [6.07, 6.45) is 0.956. The zero-order valence-corrected chi connectivity index (χ0v) is 11.2. The Morgan fingerprint density at radius 3 is 2.25 bits per heavy atom. The van der Waals surface area contributed by atoms with Gasteiger partial charge in [-0.25, -0.2) is 0 Å². The highest BCUT2D eigenvalue weighted by Crippen LogP contribution is 2.09. The molecule has 0 spiro atoms. The van der Waals surface area contributed by atoms with Gasteiger partial charge in [0.15, 0.2) is 0 Å². The van der Waals surface area contributed by atoms with Crippen LogP contribution in [0.2, 0.25) is 0 Å². The molecule has 4 heteroatoms. The average molecular weight is 240 g/mol. The second-order valence-electron chi connectivity index (χ2n) is 3.41. The molecule has 0 saturated carbocycles. The summed E-state index contributed by atoms with van der Waals surface area (Å²) in [5, 5.41) is 1.02. The van der Waals surface area contributed by atoms with Gasteiger partial charge >= 0.3 is 8.80 Å². The monoisotopic (exact) mass is 240 g/mol. The van der Waals surface area contributed by atoms with Crippen molar-refractivity contribution in [2.24, 2.45) is 0 Å². The molecule has 0 aliphatic heterocycles. The molecule has 90 valence electrons. The zero-order valence-electron chi connectivity index (χ0n) is 10.2. The van der Waals surface area contributed by atoms with Gasteiger partial charge < -0.3 is 13.3 Å². The fourth-order valence-corrected chi connectivity index (χ4v) is 3.85. The lowest BCUT2D eigenvalue weighted by Gasteiger charge is -2.27. The largest absolute Gasteiger partial charge is 0.536 e. The van der Waals surface area contributed by atoms with Gasteiger partial charge in [0.05, 0.1) is 0 Å². The summed E-state index contributed by atoms with van der Waals surface area (Å²) < 4.78 is 17.2. The van der Waals surface area contributed by atoms with E-state index >= 15 is 0 Å². The summed E-state index contributed by atoms with van der Waals surface area (Å²) in [5.41, 5.74) is 0. The van der Waals surface area contributed by atoms with Crippen molar-refractivity contribution in [3.63, 3.8) is 0 Å². The van der Waals surface area contributed by atoms with Crippen molar-refractivity contribution in [2.45, 2.75) is 20.3 Å². The maximum atomic E-state index is 5.85. The Morgan fingerprint density at radius 2 is 1.75 bits per heavy atom. The SMILES string of the molecule is CCCO[Si](OC)(OCC)c1ccccc1. The third-order valence-corrected chi connectivity index (χ3v) is 5.06. The molecule has 1 rings (SSSR count). The Bertz CT molecular complexity index is 292. The Balaban J connectivity index is 2.92. The quantitative estimate of drug-likeness (QED) is 0.682. The topological polar surface area (TPSA) is 27.7 Å². The normalized spacial score (nSPS) is 14.7. The molecule has 0 aliphatic rings. The highest BCUT2D eigenvalue weighted by molar-refractivity contribution is 6.75. The van der Waals surface area contributed by atoms with Gasteiger partial charge in [-0.3, -0.25) is 0 Å². The van der Waals surface area contributed by atoms with Crippen LogP contribution in [-0.4, -0.2) is 29.1 Å². The van der Waals surface area contributed by atoms with Crippen molar-refractivity contribution >= 4 is 14.0 Å². The van der Waals surface area contributed by atoms with E-state index in [-0.39, 0.29) is 0 Å². The molecule has 1 unspecified atom stereocenters. The van der Waals surface area contributed by atoms with Crippen molar-refractivity contribution in [2.75, 3.05) is 20.3 Å². The second kappa shape index (κ2) is 6.80. The summed E-state index contributed by atoms with van der Waals surface area (Å²) in [6, 6.07) is 9.93. The highest BCUT2D eigenvalue weighted by Gasteiger charge is 2.42. The summed E-state index contributed by atoms with van der Waals surface area (Å²) in [6.45, 7) is 5.29. The fraction of sp³-hybridized carbons (Fsp3) is 0.500. The van der Waals surface area contributed by atoms with Crippen molar-refractivity contribution in [1.82, 2.24) is 0 Å². The van der Waals surface area contributed by atoms with Crippen LogP contribution in [-0.2, 0) is 13.3 Å². The van der Waals surface area contributed by atoms with Crippen molar-refractivity contribution < 1.29 is 13.3 Å².